The minimum atomic E-state index is -1.06. The second-order valence-corrected chi connectivity index (χ2v) is 5.04. The van der Waals surface area contributed by atoms with Gasteiger partial charge in [0.25, 0.3) is 5.91 Å². The smallest absolute Gasteiger partial charge is 0.326 e. The average Bonchev–Trinajstić information content (AvgIpc) is 2.58. The molecule has 1 amide bonds. The van der Waals surface area contributed by atoms with Gasteiger partial charge in [-0.25, -0.2) is 4.79 Å². The molecule has 94 valence electrons. The van der Waals surface area contributed by atoms with Crippen molar-refractivity contribution in [3.05, 3.63) is 23.7 Å². The first-order valence-electron chi connectivity index (χ1n) is 5.31. The molecular formula is C12H17NO4. The Kier molecular flexibility index (Phi) is 3.60. The van der Waals surface area contributed by atoms with Gasteiger partial charge in [-0.3, -0.25) is 4.79 Å². The molecular weight excluding hydrogens is 222 g/mol. The van der Waals surface area contributed by atoms with Crippen LogP contribution in [0.25, 0.3) is 0 Å². The van der Waals surface area contributed by atoms with Crippen LogP contribution >= 0.6 is 0 Å². The van der Waals surface area contributed by atoms with Gasteiger partial charge < -0.3 is 14.8 Å². The Morgan fingerprint density at radius 3 is 2.35 bits per heavy atom. The number of carboxylic acids is 1. The maximum Gasteiger partial charge on any atom is 0.326 e. The first kappa shape index (κ1) is 13.3. The van der Waals surface area contributed by atoms with E-state index in [1.807, 2.05) is 0 Å². The second-order valence-electron chi connectivity index (χ2n) is 5.04. The maximum absolute atomic E-state index is 11.8. The fourth-order valence-electron chi connectivity index (χ4n) is 1.45. The van der Waals surface area contributed by atoms with Gasteiger partial charge in [-0.05, 0) is 18.4 Å². The van der Waals surface area contributed by atoms with Crippen LogP contribution in [0.4, 0.5) is 0 Å². The molecule has 1 aromatic rings. The minimum absolute atomic E-state index is 0.153. The highest BCUT2D eigenvalue weighted by Crippen LogP contribution is 2.20. The summed E-state index contributed by atoms with van der Waals surface area (Å²) in [6, 6.07) is 0.696. The molecule has 0 radical (unpaired) electrons. The average molecular weight is 239 g/mol. The van der Waals surface area contributed by atoms with Crippen molar-refractivity contribution in [2.45, 2.75) is 33.7 Å². The summed E-state index contributed by atoms with van der Waals surface area (Å²) in [6.45, 7) is 6.98. The van der Waals surface area contributed by atoms with Crippen molar-refractivity contribution in [3.8, 4) is 0 Å². The van der Waals surface area contributed by atoms with Crippen LogP contribution in [0.2, 0.25) is 0 Å². The van der Waals surface area contributed by atoms with Gasteiger partial charge in [0.1, 0.15) is 6.04 Å². The molecule has 1 heterocycles. The second kappa shape index (κ2) is 4.61. The van der Waals surface area contributed by atoms with Crippen LogP contribution < -0.4 is 5.32 Å². The lowest BCUT2D eigenvalue weighted by molar-refractivity contribution is -0.142. The van der Waals surface area contributed by atoms with E-state index in [0.29, 0.717) is 5.56 Å². The van der Waals surface area contributed by atoms with Crippen molar-refractivity contribution in [1.82, 2.24) is 5.32 Å². The van der Waals surface area contributed by atoms with Gasteiger partial charge in [0.05, 0.1) is 6.26 Å². The SMILES string of the molecule is Cc1ccoc1C(=O)N[C@@H](C(=O)O)C(C)(C)C. The molecule has 1 atom stereocenters. The zero-order valence-electron chi connectivity index (χ0n) is 10.4. The lowest BCUT2D eigenvalue weighted by Gasteiger charge is -2.27. The van der Waals surface area contributed by atoms with Crippen molar-refractivity contribution >= 4 is 11.9 Å². The van der Waals surface area contributed by atoms with Gasteiger partial charge in [0.15, 0.2) is 5.76 Å². The molecule has 5 heteroatoms. The molecule has 2 N–H and O–H groups in total. The van der Waals surface area contributed by atoms with Crippen LogP contribution in [0.3, 0.4) is 0 Å². The van der Waals surface area contributed by atoms with E-state index in [1.54, 1.807) is 33.8 Å². The van der Waals surface area contributed by atoms with Gasteiger partial charge in [-0.15, -0.1) is 0 Å². The molecule has 5 nitrogen and oxygen atoms in total. The molecule has 0 saturated carbocycles. The van der Waals surface area contributed by atoms with E-state index < -0.39 is 23.3 Å². The normalized spacial score (nSPS) is 13.2. The molecule has 0 aliphatic rings. The number of hydrogen-bond acceptors (Lipinski definition) is 3. The number of furan rings is 1. The Hall–Kier alpha value is -1.78. The molecule has 0 spiro atoms. The predicted octanol–water partition coefficient (Wildman–Crippen LogP) is 1.82. The molecule has 0 bridgehead atoms. The largest absolute Gasteiger partial charge is 0.480 e. The van der Waals surface area contributed by atoms with Crippen LogP contribution in [0.5, 0.6) is 0 Å². The number of nitrogens with one attached hydrogen (secondary N) is 1. The van der Waals surface area contributed by atoms with Crippen LogP contribution in [0.1, 0.15) is 36.9 Å². The van der Waals surface area contributed by atoms with E-state index in [4.69, 9.17) is 9.52 Å². The summed E-state index contributed by atoms with van der Waals surface area (Å²) in [5.41, 5.74) is 0.114. The fraction of sp³-hybridized carbons (Fsp3) is 0.500. The molecule has 1 rings (SSSR count). The number of carbonyl (C=O) groups excluding carboxylic acids is 1. The molecule has 0 aliphatic carbocycles. The minimum Gasteiger partial charge on any atom is -0.480 e. The lowest BCUT2D eigenvalue weighted by Crippen LogP contribution is -2.49. The third-order valence-electron chi connectivity index (χ3n) is 2.46. The summed E-state index contributed by atoms with van der Waals surface area (Å²) in [5.74, 6) is -1.41. The number of amides is 1. The van der Waals surface area contributed by atoms with Gasteiger partial charge >= 0.3 is 5.97 Å². The Labute approximate surface area is 99.8 Å². The lowest BCUT2D eigenvalue weighted by atomic mass is 9.86. The molecule has 17 heavy (non-hydrogen) atoms. The number of carbonyl (C=O) groups is 2. The summed E-state index contributed by atoms with van der Waals surface area (Å²) >= 11 is 0. The molecule has 0 unspecified atom stereocenters. The van der Waals surface area contributed by atoms with Crippen LogP contribution in [-0.4, -0.2) is 23.0 Å². The Balaban J connectivity index is 2.86. The van der Waals surface area contributed by atoms with E-state index in [2.05, 4.69) is 5.32 Å². The Bertz CT molecular complexity index is 428. The zero-order valence-corrected chi connectivity index (χ0v) is 10.4. The predicted molar refractivity (Wildman–Crippen MR) is 61.8 cm³/mol. The molecule has 0 fully saturated rings. The monoisotopic (exact) mass is 239 g/mol. The van der Waals surface area contributed by atoms with E-state index >= 15 is 0 Å². The highest BCUT2D eigenvalue weighted by molar-refractivity contribution is 5.95. The molecule has 0 saturated heterocycles. The van der Waals surface area contributed by atoms with Crippen molar-refractivity contribution < 1.29 is 19.1 Å². The van der Waals surface area contributed by atoms with Gasteiger partial charge in [-0.2, -0.15) is 0 Å². The van der Waals surface area contributed by atoms with E-state index in [0.717, 1.165) is 0 Å². The summed E-state index contributed by atoms with van der Waals surface area (Å²) in [7, 11) is 0. The van der Waals surface area contributed by atoms with Gasteiger partial charge in [0.2, 0.25) is 0 Å². The topological polar surface area (TPSA) is 79.5 Å². The van der Waals surface area contributed by atoms with Crippen LogP contribution in [0.15, 0.2) is 16.7 Å². The van der Waals surface area contributed by atoms with Crippen LogP contribution in [0, 0.1) is 12.3 Å². The highest BCUT2D eigenvalue weighted by atomic mass is 16.4. The summed E-state index contributed by atoms with van der Waals surface area (Å²) < 4.78 is 5.01. The summed E-state index contributed by atoms with van der Waals surface area (Å²) in [6.07, 6.45) is 1.40. The highest BCUT2D eigenvalue weighted by Gasteiger charge is 2.33. The summed E-state index contributed by atoms with van der Waals surface area (Å²) in [5, 5.41) is 11.5. The Morgan fingerprint density at radius 1 is 1.41 bits per heavy atom. The van der Waals surface area contributed by atoms with Crippen molar-refractivity contribution in [2.75, 3.05) is 0 Å². The summed E-state index contributed by atoms with van der Waals surface area (Å²) in [4.78, 5) is 22.9. The van der Waals surface area contributed by atoms with Crippen molar-refractivity contribution in [1.29, 1.82) is 0 Å². The standard InChI is InChI=1S/C12H17NO4/c1-7-5-6-17-8(7)10(14)13-9(11(15)16)12(2,3)4/h5-6,9H,1-4H3,(H,13,14)(H,15,16)/t9-/m0/s1. The van der Waals surface area contributed by atoms with E-state index in [-0.39, 0.29) is 5.76 Å². The molecule has 1 aromatic heterocycles. The number of carboxylic acid groups (broad SMARTS) is 1. The maximum atomic E-state index is 11.8. The quantitative estimate of drug-likeness (QED) is 0.843. The fourth-order valence-corrected chi connectivity index (χ4v) is 1.45. The zero-order chi connectivity index (χ0) is 13.2. The van der Waals surface area contributed by atoms with E-state index in [1.165, 1.54) is 6.26 Å². The van der Waals surface area contributed by atoms with Crippen LogP contribution in [-0.2, 0) is 4.79 Å². The number of rotatable bonds is 3. The number of hydrogen-bond donors (Lipinski definition) is 2. The number of aliphatic carboxylic acids is 1. The van der Waals surface area contributed by atoms with Crippen molar-refractivity contribution in [2.24, 2.45) is 5.41 Å². The Morgan fingerprint density at radius 2 is 2.00 bits per heavy atom. The molecule has 0 aromatic carbocycles. The third-order valence-corrected chi connectivity index (χ3v) is 2.46. The number of aryl methyl sites for hydroxylation is 1. The van der Waals surface area contributed by atoms with Crippen molar-refractivity contribution in [3.63, 3.8) is 0 Å². The van der Waals surface area contributed by atoms with Gasteiger partial charge in [-0.1, -0.05) is 20.8 Å². The third kappa shape index (κ3) is 3.09. The molecule has 0 aliphatic heterocycles. The first-order chi connectivity index (χ1) is 7.73. The van der Waals surface area contributed by atoms with E-state index in [9.17, 15) is 9.59 Å². The van der Waals surface area contributed by atoms with Gasteiger partial charge in [0, 0.05) is 5.56 Å². The first-order valence-corrected chi connectivity index (χ1v) is 5.31.